The number of carbonyl (C=O) groups is 1. The number of aryl methyl sites for hydroxylation is 1. The number of hydrogen-bond acceptors (Lipinski definition) is 7. The Hall–Kier alpha value is -2.00. The van der Waals surface area contributed by atoms with Gasteiger partial charge in [-0.3, -0.25) is 9.89 Å². The minimum atomic E-state index is -0.143. The second-order valence-electron chi connectivity index (χ2n) is 4.88. The molecule has 1 aliphatic rings. The van der Waals surface area contributed by atoms with E-state index in [1.807, 2.05) is 0 Å². The number of carbonyl (C=O) groups excluding carboxylic acids is 1. The van der Waals surface area contributed by atoms with Gasteiger partial charge in [0.2, 0.25) is 11.2 Å². The Labute approximate surface area is 130 Å². The van der Waals surface area contributed by atoms with Crippen molar-refractivity contribution in [2.24, 2.45) is 0 Å². The lowest BCUT2D eigenvalue weighted by molar-refractivity contribution is -0.121. The minimum absolute atomic E-state index is 0.117. The number of nitrogens with one attached hydrogen (secondary N) is 2. The Bertz CT molecular complexity index is 636. The number of nitrogens with zero attached hydrogens (tertiary/aromatic N) is 4. The first-order valence-corrected chi connectivity index (χ1v) is 7.36. The predicted octanol–water partition coefficient (Wildman–Crippen LogP) is 0.942. The highest BCUT2D eigenvalue weighted by Crippen LogP contribution is 2.26. The molecule has 2 N–H and O–H groups in total. The second-order valence-corrected chi connectivity index (χ2v) is 5.22. The summed E-state index contributed by atoms with van der Waals surface area (Å²) in [5.41, 5.74) is 0. The zero-order valence-corrected chi connectivity index (χ0v) is 12.5. The number of H-pyrrole nitrogens is 1. The number of ether oxygens (including phenoxy) is 1. The van der Waals surface area contributed by atoms with E-state index in [0.717, 1.165) is 12.8 Å². The summed E-state index contributed by atoms with van der Waals surface area (Å²) in [6.45, 7) is 0.928. The van der Waals surface area contributed by atoms with Crippen LogP contribution in [0.3, 0.4) is 0 Å². The monoisotopic (exact) mass is 326 g/mol. The van der Waals surface area contributed by atoms with E-state index < -0.39 is 0 Å². The van der Waals surface area contributed by atoms with Crippen LogP contribution in [0.4, 0.5) is 0 Å². The largest absolute Gasteiger partial charge is 0.368 e. The standard InChI is InChI=1S/C12H15ClN6O3/c13-12-16-8(17-18-12)3-4-10(20)14-6-9-15-11(22-19-9)7-2-1-5-21-7/h7H,1-6H2,(H,14,20)(H,16,17,18)/t7-/m0/s1. The first-order chi connectivity index (χ1) is 10.7. The van der Waals surface area contributed by atoms with Gasteiger partial charge in [0, 0.05) is 19.4 Å². The smallest absolute Gasteiger partial charge is 0.255 e. The van der Waals surface area contributed by atoms with E-state index in [2.05, 4.69) is 30.6 Å². The van der Waals surface area contributed by atoms with Crippen molar-refractivity contribution >= 4 is 17.5 Å². The van der Waals surface area contributed by atoms with Gasteiger partial charge >= 0.3 is 0 Å². The van der Waals surface area contributed by atoms with Crippen molar-refractivity contribution in [3.05, 3.63) is 22.8 Å². The third-order valence-electron chi connectivity index (χ3n) is 3.23. The topological polar surface area (TPSA) is 119 Å². The van der Waals surface area contributed by atoms with Gasteiger partial charge < -0.3 is 14.6 Å². The SMILES string of the molecule is O=C(CCc1nc(Cl)n[nH]1)NCc1noc([C@@H]2CCCO2)n1. The van der Waals surface area contributed by atoms with Gasteiger partial charge in [-0.15, -0.1) is 5.10 Å². The van der Waals surface area contributed by atoms with Crippen LogP contribution in [0, 0.1) is 0 Å². The van der Waals surface area contributed by atoms with E-state index in [-0.39, 0.29) is 30.3 Å². The molecular weight excluding hydrogens is 312 g/mol. The molecule has 118 valence electrons. The minimum Gasteiger partial charge on any atom is -0.368 e. The summed E-state index contributed by atoms with van der Waals surface area (Å²) in [6.07, 6.45) is 2.45. The van der Waals surface area contributed by atoms with E-state index in [9.17, 15) is 4.79 Å². The molecule has 2 aromatic rings. The summed E-state index contributed by atoms with van der Waals surface area (Å²) in [7, 11) is 0. The molecule has 1 amide bonds. The lowest BCUT2D eigenvalue weighted by Crippen LogP contribution is -2.23. The van der Waals surface area contributed by atoms with Crippen LogP contribution in [0.2, 0.25) is 5.28 Å². The summed E-state index contributed by atoms with van der Waals surface area (Å²) >= 11 is 5.58. The molecule has 0 unspecified atom stereocenters. The summed E-state index contributed by atoms with van der Waals surface area (Å²) in [4.78, 5) is 19.9. The van der Waals surface area contributed by atoms with Gasteiger partial charge in [0.15, 0.2) is 5.82 Å². The highest BCUT2D eigenvalue weighted by molar-refractivity contribution is 6.28. The fourth-order valence-corrected chi connectivity index (χ4v) is 2.27. The van der Waals surface area contributed by atoms with Crippen LogP contribution in [0.25, 0.3) is 0 Å². The van der Waals surface area contributed by atoms with E-state index in [0.29, 0.717) is 30.6 Å². The number of hydrogen-bond donors (Lipinski definition) is 2. The fraction of sp³-hybridized carbons (Fsp3) is 0.583. The Morgan fingerprint density at radius 2 is 2.36 bits per heavy atom. The lowest BCUT2D eigenvalue weighted by atomic mass is 10.2. The van der Waals surface area contributed by atoms with Crippen molar-refractivity contribution in [2.75, 3.05) is 6.61 Å². The van der Waals surface area contributed by atoms with Crippen LogP contribution in [-0.4, -0.2) is 37.8 Å². The number of aromatic amines is 1. The Kier molecular flexibility index (Phi) is 4.64. The molecule has 1 atom stereocenters. The van der Waals surface area contributed by atoms with Crippen molar-refractivity contribution in [1.82, 2.24) is 30.6 Å². The first kappa shape index (κ1) is 14.9. The molecule has 1 fully saturated rings. The molecule has 9 nitrogen and oxygen atoms in total. The van der Waals surface area contributed by atoms with Gasteiger partial charge in [-0.05, 0) is 24.4 Å². The molecule has 22 heavy (non-hydrogen) atoms. The van der Waals surface area contributed by atoms with Gasteiger partial charge in [0.05, 0.1) is 6.54 Å². The van der Waals surface area contributed by atoms with Crippen molar-refractivity contribution in [1.29, 1.82) is 0 Å². The second kappa shape index (κ2) is 6.84. The van der Waals surface area contributed by atoms with Gasteiger partial charge in [-0.1, -0.05) is 5.16 Å². The van der Waals surface area contributed by atoms with Gasteiger partial charge in [-0.25, -0.2) is 4.98 Å². The highest BCUT2D eigenvalue weighted by Gasteiger charge is 2.23. The van der Waals surface area contributed by atoms with E-state index in [1.54, 1.807) is 0 Å². The molecule has 1 aliphatic heterocycles. The zero-order valence-electron chi connectivity index (χ0n) is 11.7. The molecule has 1 saturated heterocycles. The highest BCUT2D eigenvalue weighted by atomic mass is 35.5. The summed E-state index contributed by atoms with van der Waals surface area (Å²) in [5.74, 6) is 1.33. The van der Waals surface area contributed by atoms with Crippen LogP contribution in [0.1, 0.15) is 42.9 Å². The fourth-order valence-electron chi connectivity index (χ4n) is 2.12. The molecule has 3 heterocycles. The van der Waals surface area contributed by atoms with Crippen molar-refractivity contribution in [3.8, 4) is 0 Å². The number of amides is 1. The molecule has 10 heteroatoms. The van der Waals surface area contributed by atoms with Crippen LogP contribution >= 0.6 is 11.6 Å². The Morgan fingerprint density at radius 1 is 1.45 bits per heavy atom. The zero-order chi connectivity index (χ0) is 15.4. The van der Waals surface area contributed by atoms with Crippen molar-refractivity contribution in [2.45, 2.75) is 38.3 Å². The maximum Gasteiger partial charge on any atom is 0.255 e. The number of aromatic nitrogens is 5. The normalized spacial score (nSPS) is 17.8. The number of halogens is 1. The predicted molar refractivity (Wildman–Crippen MR) is 73.8 cm³/mol. The Morgan fingerprint density at radius 3 is 3.09 bits per heavy atom. The molecule has 0 aliphatic carbocycles. The van der Waals surface area contributed by atoms with Crippen molar-refractivity contribution in [3.63, 3.8) is 0 Å². The molecule has 0 saturated carbocycles. The quantitative estimate of drug-likeness (QED) is 0.810. The van der Waals surface area contributed by atoms with Gasteiger partial charge in [0.1, 0.15) is 11.9 Å². The lowest BCUT2D eigenvalue weighted by Gasteiger charge is -2.01. The summed E-state index contributed by atoms with van der Waals surface area (Å²) < 4.78 is 10.6. The molecule has 0 bridgehead atoms. The summed E-state index contributed by atoms with van der Waals surface area (Å²) in [5, 5.41) is 13.0. The maximum atomic E-state index is 11.7. The average molecular weight is 327 g/mol. The van der Waals surface area contributed by atoms with Crippen LogP contribution in [0.5, 0.6) is 0 Å². The van der Waals surface area contributed by atoms with Gasteiger partial charge in [0.25, 0.3) is 5.89 Å². The number of rotatable bonds is 6. The van der Waals surface area contributed by atoms with Gasteiger partial charge in [-0.2, -0.15) is 4.98 Å². The maximum absolute atomic E-state index is 11.7. The first-order valence-electron chi connectivity index (χ1n) is 6.98. The van der Waals surface area contributed by atoms with E-state index in [4.69, 9.17) is 20.9 Å². The molecule has 0 aromatic carbocycles. The van der Waals surface area contributed by atoms with Crippen LogP contribution in [0.15, 0.2) is 4.52 Å². The molecule has 0 radical (unpaired) electrons. The third kappa shape index (κ3) is 3.80. The Balaban J connectivity index is 1.42. The van der Waals surface area contributed by atoms with E-state index in [1.165, 1.54) is 0 Å². The molecule has 2 aromatic heterocycles. The average Bonchev–Trinajstić information content (AvgIpc) is 3.23. The van der Waals surface area contributed by atoms with E-state index >= 15 is 0 Å². The van der Waals surface area contributed by atoms with Crippen LogP contribution < -0.4 is 5.32 Å². The molecule has 3 rings (SSSR count). The third-order valence-corrected chi connectivity index (χ3v) is 3.39. The molecule has 0 spiro atoms. The summed E-state index contributed by atoms with van der Waals surface area (Å²) in [6, 6.07) is 0. The van der Waals surface area contributed by atoms with Crippen molar-refractivity contribution < 1.29 is 14.1 Å². The molecular formula is C12H15ClN6O3. The van der Waals surface area contributed by atoms with Crippen LogP contribution in [-0.2, 0) is 22.5 Å².